The van der Waals surface area contributed by atoms with Crippen LogP contribution in [-0.4, -0.2) is 21.6 Å². The van der Waals surface area contributed by atoms with Gasteiger partial charge in [-0.3, -0.25) is 4.79 Å². The maximum atomic E-state index is 11.3. The largest absolute Gasteiger partial charge is 0.372 e. The van der Waals surface area contributed by atoms with Crippen molar-refractivity contribution in [3.8, 4) is 0 Å². The number of nitrogens with two attached hydrogens (primary N) is 1. The van der Waals surface area contributed by atoms with Gasteiger partial charge in [0.05, 0.1) is 19.0 Å². The first kappa shape index (κ1) is 18.9. The van der Waals surface area contributed by atoms with Crippen molar-refractivity contribution < 1.29 is 9.53 Å². The highest BCUT2D eigenvalue weighted by Gasteiger charge is 2.13. The molecule has 2 N–H and O–H groups in total. The highest BCUT2D eigenvalue weighted by molar-refractivity contribution is 5.90. The van der Waals surface area contributed by atoms with Gasteiger partial charge in [-0.25, -0.2) is 4.98 Å². The fraction of sp³-hybridized carbons (Fsp3) is 0.273. The van der Waals surface area contributed by atoms with E-state index in [0.29, 0.717) is 13.2 Å². The van der Waals surface area contributed by atoms with Gasteiger partial charge in [0.25, 0.3) is 5.91 Å². The van der Waals surface area contributed by atoms with Crippen LogP contribution in [0.25, 0.3) is 0 Å². The molecule has 1 atom stereocenters. The van der Waals surface area contributed by atoms with Crippen LogP contribution >= 0.6 is 0 Å². The monoisotopic (exact) mass is 363 g/mol. The van der Waals surface area contributed by atoms with Crippen molar-refractivity contribution in [3.05, 3.63) is 90.0 Å². The number of imidazole rings is 1. The highest BCUT2D eigenvalue weighted by atomic mass is 16.5. The molecular weight excluding hydrogens is 338 g/mol. The Morgan fingerprint density at radius 1 is 1.04 bits per heavy atom. The van der Waals surface area contributed by atoms with Crippen LogP contribution in [0.15, 0.2) is 73.2 Å². The summed E-state index contributed by atoms with van der Waals surface area (Å²) in [5.41, 5.74) is 8.05. The summed E-state index contributed by atoms with van der Waals surface area (Å²) >= 11 is 0. The third kappa shape index (κ3) is 6.08. The number of rotatable bonds is 10. The molecule has 0 saturated heterocycles. The zero-order valence-electron chi connectivity index (χ0n) is 15.3. The van der Waals surface area contributed by atoms with Gasteiger partial charge in [-0.2, -0.15) is 0 Å². The molecule has 0 spiro atoms. The summed E-state index contributed by atoms with van der Waals surface area (Å²) in [5.74, 6) is -0.514. The lowest BCUT2D eigenvalue weighted by Gasteiger charge is -2.19. The number of nitrogens with zero attached hydrogens (tertiary/aromatic N) is 2. The van der Waals surface area contributed by atoms with Crippen LogP contribution in [0.2, 0.25) is 0 Å². The Morgan fingerprint density at radius 3 is 2.33 bits per heavy atom. The molecule has 0 fully saturated rings. The maximum Gasteiger partial charge on any atom is 0.268 e. The standard InChI is InChI=1S/C22H25N3O2/c23-22(26)21-15-25(17-24-21)14-20(27-16-19-10-5-2-6-11-19)13-7-12-18-8-3-1-4-9-18/h1-6,8-11,15,17,20H,7,12-14,16H2,(H2,23,26)/t20-/m0/s1. The lowest BCUT2D eigenvalue weighted by Crippen LogP contribution is -2.20. The van der Waals surface area contributed by atoms with E-state index in [2.05, 4.69) is 41.4 Å². The second-order valence-electron chi connectivity index (χ2n) is 6.62. The van der Waals surface area contributed by atoms with E-state index in [9.17, 15) is 4.79 Å². The second kappa shape index (κ2) is 9.69. The normalized spacial score (nSPS) is 12.0. The lowest BCUT2D eigenvalue weighted by molar-refractivity contribution is 0.0225. The van der Waals surface area contributed by atoms with Crippen LogP contribution in [0.5, 0.6) is 0 Å². The molecule has 0 bridgehead atoms. The number of carbonyl (C=O) groups excluding carboxylic acids is 1. The summed E-state index contributed by atoms with van der Waals surface area (Å²) in [5, 5.41) is 0. The first-order chi connectivity index (χ1) is 13.2. The first-order valence-corrected chi connectivity index (χ1v) is 9.22. The fourth-order valence-corrected chi connectivity index (χ4v) is 3.02. The van der Waals surface area contributed by atoms with Gasteiger partial charge < -0.3 is 15.0 Å². The molecular formula is C22H25N3O2. The molecule has 0 aliphatic carbocycles. The molecule has 0 aliphatic rings. The zero-order chi connectivity index (χ0) is 18.9. The predicted molar refractivity (Wildman–Crippen MR) is 105 cm³/mol. The third-order valence-electron chi connectivity index (χ3n) is 4.46. The maximum absolute atomic E-state index is 11.3. The van der Waals surface area contributed by atoms with Crippen molar-refractivity contribution in [3.63, 3.8) is 0 Å². The van der Waals surface area contributed by atoms with Crippen molar-refractivity contribution in [2.45, 2.75) is 38.5 Å². The molecule has 3 aromatic rings. The Bertz CT molecular complexity index is 831. The molecule has 3 rings (SSSR count). The van der Waals surface area contributed by atoms with Gasteiger partial charge >= 0.3 is 0 Å². The van der Waals surface area contributed by atoms with Gasteiger partial charge in [0.2, 0.25) is 0 Å². The Labute approximate surface area is 159 Å². The second-order valence-corrected chi connectivity index (χ2v) is 6.62. The minimum Gasteiger partial charge on any atom is -0.372 e. The molecule has 1 heterocycles. The molecule has 5 nitrogen and oxygen atoms in total. The summed E-state index contributed by atoms with van der Waals surface area (Å²) < 4.78 is 8.05. The smallest absolute Gasteiger partial charge is 0.268 e. The van der Waals surface area contributed by atoms with E-state index in [4.69, 9.17) is 10.5 Å². The molecule has 1 amide bonds. The molecule has 2 aromatic carbocycles. The van der Waals surface area contributed by atoms with E-state index < -0.39 is 5.91 Å². The number of hydrogen-bond acceptors (Lipinski definition) is 3. The molecule has 0 unspecified atom stereocenters. The molecule has 0 saturated carbocycles. The van der Waals surface area contributed by atoms with Crippen molar-refractivity contribution in [1.29, 1.82) is 0 Å². The molecule has 0 radical (unpaired) electrons. The van der Waals surface area contributed by atoms with Crippen molar-refractivity contribution >= 4 is 5.91 Å². The Balaban J connectivity index is 1.59. The average molecular weight is 363 g/mol. The van der Waals surface area contributed by atoms with E-state index in [1.54, 1.807) is 12.5 Å². The molecule has 5 heteroatoms. The minimum absolute atomic E-state index is 0.0313. The van der Waals surface area contributed by atoms with Gasteiger partial charge in [-0.15, -0.1) is 0 Å². The van der Waals surface area contributed by atoms with Crippen LogP contribution in [0.4, 0.5) is 0 Å². The number of ether oxygens (including phenoxy) is 1. The van der Waals surface area contributed by atoms with Crippen molar-refractivity contribution in [1.82, 2.24) is 9.55 Å². The lowest BCUT2D eigenvalue weighted by atomic mass is 10.1. The molecule has 0 aliphatic heterocycles. The number of primary amides is 1. The van der Waals surface area contributed by atoms with Crippen LogP contribution in [-0.2, 0) is 24.3 Å². The van der Waals surface area contributed by atoms with Gasteiger partial charge in [0.1, 0.15) is 5.69 Å². The third-order valence-corrected chi connectivity index (χ3v) is 4.46. The highest BCUT2D eigenvalue weighted by Crippen LogP contribution is 2.13. The number of hydrogen-bond donors (Lipinski definition) is 1. The Kier molecular flexibility index (Phi) is 6.77. The van der Waals surface area contributed by atoms with E-state index in [0.717, 1.165) is 24.8 Å². The SMILES string of the molecule is NC(=O)c1cn(C[C@H](CCCc2ccccc2)OCc2ccccc2)cn1. The summed E-state index contributed by atoms with van der Waals surface area (Å²) in [7, 11) is 0. The number of aryl methyl sites for hydroxylation is 1. The quantitative estimate of drug-likeness (QED) is 0.598. The Morgan fingerprint density at radius 2 is 1.70 bits per heavy atom. The van der Waals surface area contributed by atoms with E-state index in [-0.39, 0.29) is 11.8 Å². The van der Waals surface area contributed by atoms with Gasteiger partial charge in [0.15, 0.2) is 0 Å². The van der Waals surface area contributed by atoms with Crippen LogP contribution in [0, 0.1) is 0 Å². The van der Waals surface area contributed by atoms with Crippen molar-refractivity contribution in [2.24, 2.45) is 5.73 Å². The summed E-state index contributed by atoms with van der Waals surface area (Å²) in [6, 6.07) is 20.6. The van der Waals surface area contributed by atoms with E-state index in [1.807, 2.05) is 28.8 Å². The first-order valence-electron chi connectivity index (χ1n) is 9.22. The zero-order valence-corrected chi connectivity index (χ0v) is 15.3. The average Bonchev–Trinajstić information content (AvgIpc) is 3.16. The molecule has 140 valence electrons. The molecule has 1 aromatic heterocycles. The van der Waals surface area contributed by atoms with Crippen molar-refractivity contribution in [2.75, 3.05) is 0 Å². The fourth-order valence-electron chi connectivity index (χ4n) is 3.02. The number of carbonyl (C=O) groups is 1. The van der Waals surface area contributed by atoms with Gasteiger partial charge in [-0.1, -0.05) is 60.7 Å². The Hall–Kier alpha value is -2.92. The van der Waals surface area contributed by atoms with Crippen LogP contribution in [0.1, 0.15) is 34.5 Å². The number of benzene rings is 2. The van der Waals surface area contributed by atoms with Gasteiger partial charge in [-0.05, 0) is 30.4 Å². The van der Waals surface area contributed by atoms with Crippen LogP contribution in [0.3, 0.4) is 0 Å². The molecule has 27 heavy (non-hydrogen) atoms. The summed E-state index contributed by atoms with van der Waals surface area (Å²) in [4.78, 5) is 15.3. The number of aromatic nitrogens is 2. The van der Waals surface area contributed by atoms with Crippen LogP contribution < -0.4 is 5.73 Å². The number of amides is 1. The minimum atomic E-state index is -0.514. The van der Waals surface area contributed by atoms with Gasteiger partial charge in [0, 0.05) is 12.7 Å². The topological polar surface area (TPSA) is 70.1 Å². The summed E-state index contributed by atoms with van der Waals surface area (Å²) in [6.45, 7) is 1.20. The van der Waals surface area contributed by atoms with E-state index in [1.165, 1.54) is 5.56 Å². The summed E-state index contributed by atoms with van der Waals surface area (Å²) in [6.07, 6.45) is 6.31. The predicted octanol–water partition coefficient (Wildman–Crippen LogP) is 3.59. The van der Waals surface area contributed by atoms with E-state index >= 15 is 0 Å².